The van der Waals surface area contributed by atoms with Gasteiger partial charge in [-0.15, -0.1) is 0 Å². The van der Waals surface area contributed by atoms with Crippen molar-refractivity contribution in [3.63, 3.8) is 0 Å². The van der Waals surface area contributed by atoms with Crippen LogP contribution in [0, 0.1) is 6.92 Å². The lowest BCUT2D eigenvalue weighted by Gasteiger charge is -2.25. The highest BCUT2D eigenvalue weighted by Gasteiger charge is 2.19. The number of hydrogen-bond donors (Lipinski definition) is 0. The van der Waals surface area contributed by atoms with Gasteiger partial charge in [0.25, 0.3) is 0 Å². The maximum atomic E-state index is 6.29. The van der Waals surface area contributed by atoms with Crippen LogP contribution in [0.1, 0.15) is 24.8 Å². The topological polar surface area (TPSA) is 44.2 Å². The standard InChI is InChI=1S/C22H22N2O2/c1-16-12-20(18-7-5-10-24-15-18)21(26-22-8-2-3-11-25-22)13-19(16)17-6-4-9-23-14-17/h4-7,9-10,12-15,22H,2-3,8,11H2,1H3. The summed E-state index contributed by atoms with van der Waals surface area (Å²) < 4.78 is 12.1. The average Bonchev–Trinajstić information content (AvgIpc) is 2.71. The first kappa shape index (κ1) is 16.7. The van der Waals surface area contributed by atoms with Crippen LogP contribution in [-0.2, 0) is 4.74 Å². The van der Waals surface area contributed by atoms with Gasteiger partial charge in [0.05, 0.1) is 6.61 Å². The lowest BCUT2D eigenvalue weighted by atomic mass is 9.96. The molecule has 26 heavy (non-hydrogen) atoms. The summed E-state index contributed by atoms with van der Waals surface area (Å²) in [5, 5.41) is 0. The van der Waals surface area contributed by atoms with Crippen molar-refractivity contribution in [2.45, 2.75) is 32.5 Å². The van der Waals surface area contributed by atoms with Crippen LogP contribution in [0.4, 0.5) is 0 Å². The van der Waals surface area contributed by atoms with E-state index in [1.165, 1.54) is 5.56 Å². The monoisotopic (exact) mass is 346 g/mol. The zero-order valence-corrected chi connectivity index (χ0v) is 14.9. The van der Waals surface area contributed by atoms with Crippen LogP contribution >= 0.6 is 0 Å². The number of rotatable bonds is 4. The second-order valence-electron chi connectivity index (χ2n) is 6.56. The Kier molecular flexibility index (Phi) is 4.93. The van der Waals surface area contributed by atoms with Crippen LogP contribution in [0.25, 0.3) is 22.3 Å². The first-order valence-electron chi connectivity index (χ1n) is 9.05. The highest BCUT2D eigenvalue weighted by atomic mass is 16.7. The smallest absolute Gasteiger partial charge is 0.199 e. The largest absolute Gasteiger partial charge is 0.464 e. The Morgan fingerprint density at radius 2 is 1.69 bits per heavy atom. The first-order chi connectivity index (χ1) is 12.8. The molecule has 1 atom stereocenters. The normalized spacial score (nSPS) is 17.0. The molecule has 1 aliphatic heterocycles. The molecule has 0 saturated carbocycles. The average molecular weight is 346 g/mol. The van der Waals surface area contributed by atoms with E-state index in [0.717, 1.165) is 53.9 Å². The molecule has 1 saturated heterocycles. The van der Waals surface area contributed by atoms with Crippen LogP contribution in [-0.4, -0.2) is 22.9 Å². The predicted octanol–water partition coefficient (Wildman–Crippen LogP) is 5.02. The maximum Gasteiger partial charge on any atom is 0.199 e. The number of benzene rings is 1. The zero-order chi connectivity index (χ0) is 17.8. The Hall–Kier alpha value is -2.72. The van der Waals surface area contributed by atoms with E-state index >= 15 is 0 Å². The van der Waals surface area contributed by atoms with Gasteiger partial charge in [0, 0.05) is 47.9 Å². The molecule has 4 nitrogen and oxygen atoms in total. The molecule has 132 valence electrons. The van der Waals surface area contributed by atoms with Crippen LogP contribution < -0.4 is 4.74 Å². The Bertz CT molecular complexity index is 860. The molecule has 4 heteroatoms. The minimum absolute atomic E-state index is 0.191. The first-order valence-corrected chi connectivity index (χ1v) is 9.05. The van der Waals surface area contributed by atoms with E-state index in [-0.39, 0.29) is 6.29 Å². The summed E-state index contributed by atoms with van der Waals surface area (Å²) in [6.07, 6.45) is 10.3. The SMILES string of the molecule is Cc1cc(-c2cccnc2)c(OC2CCCCO2)cc1-c1cccnc1. The van der Waals surface area contributed by atoms with Crippen molar-refractivity contribution in [3.8, 4) is 28.0 Å². The summed E-state index contributed by atoms with van der Waals surface area (Å²) >= 11 is 0. The van der Waals surface area contributed by atoms with E-state index in [2.05, 4.69) is 41.2 Å². The van der Waals surface area contributed by atoms with Gasteiger partial charge in [0.15, 0.2) is 6.29 Å². The van der Waals surface area contributed by atoms with E-state index in [1.54, 1.807) is 12.4 Å². The zero-order valence-electron chi connectivity index (χ0n) is 14.9. The van der Waals surface area contributed by atoms with Crippen molar-refractivity contribution in [1.29, 1.82) is 0 Å². The highest BCUT2D eigenvalue weighted by Crippen LogP contribution is 2.37. The number of nitrogens with zero attached hydrogens (tertiary/aromatic N) is 2. The Balaban J connectivity index is 1.78. The second kappa shape index (κ2) is 7.67. The van der Waals surface area contributed by atoms with E-state index in [9.17, 15) is 0 Å². The summed E-state index contributed by atoms with van der Waals surface area (Å²) in [4.78, 5) is 8.52. The van der Waals surface area contributed by atoms with Gasteiger partial charge in [-0.1, -0.05) is 12.1 Å². The number of hydrogen-bond acceptors (Lipinski definition) is 4. The summed E-state index contributed by atoms with van der Waals surface area (Å²) in [6, 6.07) is 12.3. The molecule has 0 amide bonds. The fourth-order valence-corrected chi connectivity index (χ4v) is 3.31. The molecule has 4 rings (SSSR count). The molecule has 0 N–H and O–H groups in total. The van der Waals surface area contributed by atoms with Crippen LogP contribution in [0.5, 0.6) is 5.75 Å². The Labute approximate surface area is 153 Å². The second-order valence-corrected chi connectivity index (χ2v) is 6.56. The third-order valence-corrected chi connectivity index (χ3v) is 4.67. The third kappa shape index (κ3) is 3.60. The molecule has 0 spiro atoms. The maximum absolute atomic E-state index is 6.29. The molecule has 2 aromatic heterocycles. The predicted molar refractivity (Wildman–Crippen MR) is 102 cm³/mol. The molecule has 3 heterocycles. The van der Waals surface area contributed by atoms with Crippen molar-refractivity contribution in [2.75, 3.05) is 6.61 Å². The Morgan fingerprint density at radius 1 is 0.962 bits per heavy atom. The molecular weight excluding hydrogens is 324 g/mol. The highest BCUT2D eigenvalue weighted by molar-refractivity contribution is 5.78. The van der Waals surface area contributed by atoms with Gasteiger partial charge >= 0.3 is 0 Å². The third-order valence-electron chi connectivity index (χ3n) is 4.67. The summed E-state index contributed by atoms with van der Waals surface area (Å²) in [5.41, 5.74) is 5.46. The quantitative estimate of drug-likeness (QED) is 0.665. The van der Waals surface area contributed by atoms with E-state index in [0.29, 0.717) is 0 Å². The molecule has 1 aliphatic rings. The van der Waals surface area contributed by atoms with Crippen molar-refractivity contribution in [3.05, 3.63) is 66.7 Å². The van der Waals surface area contributed by atoms with Gasteiger partial charge < -0.3 is 9.47 Å². The number of ether oxygens (including phenoxy) is 2. The van der Waals surface area contributed by atoms with Gasteiger partial charge in [-0.25, -0.2) is 0 Å². The molecule has 1 unspecified atom stereocenters. The van der Waals surface area contributed by atoms with Gasteiger partial charge in [0.2, 0.25) is 0 Å². The molecule has 1 fully saturated rings. The van der Waals surface area contributed by atoms with E-state index < -0.39 is 0 Å². The fourth-order valence-electron chi connectivity index (χ4n) is 3.31. The minimum Gasteiger partial charge on any atom is -0.464 e. The van der Waals surface area contributed by atoms with E-state index in [1.807, 2.05) is 24.5 Å². The van der Waals surface area contributed by atoms with Crippen molar-refractivity contribution < 1.29 is 9.47 Å². The van der Waals surface area contributed by atoms with Gasteiger partial charge in [-0.2, -0.15) is 0 Å². The van der Waals surface area contributed by atoms with Crippen LogP contribution in [0.2, 0.25) is 0 Å². The fraction of sp³-hybridized carbons (Fsp3) is 0.273. The lowest BCUT2D eigenvalue weighted by molar-refractivity contribution is -0.105. The molecule has 0 aliphatic carbocycles. The minimum atomic E-state index is -0.191. The molecular formula is C22H22N2O2. The Morgan fingerprint density at radius 3 is 2.31 bits per heavy atom. The van der Waals surface area contributed by atoms with Crippen molar-refractivity contribution in [2.24, 2.45) is 0 Å². The molecule has 1 aromatic carbocycles. The van der Waals surface area contributed by atoms with Gasteiger partial charge in [-0.3, -0.25) is 9.97 Å². The van der Waals surface area contributed by atoms with E-state index in [4.69, 9.17) is 9.47 Å². The molecule has 3 aromatic rings. The van der Waals surface area contributed by atoms with Crippen LogP contribution in [0.15, 0.2) is 61.2 Å². The lowest BCUT2D eigenvalue weighted by Crippen LogP contribution is -2.25. The van der Waals surface area contributed by atoms with Gasteiger partial charge in [0.1, 0.15) is 5.75 Å². The van der Waals surface area contributed by atoms with Crippen molar-refractivity contribution in [1.82, 2.24) is 9.97 Å². The summed E-state index contributed by atoms with van der Waals surface area (Å²) in [5.74, 6) is 0.828. The molecule has 0 bridgehead atoms. The summed E-state index contributed by atoms with van der Waals surface area (Å²) in [6.45, 7) is 2.87. The van der Waals surface area contributed by atoms with Gasteiger partial charge in [-0.05, 0) is 55.2 Å². The molecule has 0 radical (unpaired) electrons. The summed E-state index contributed by atoms with van der Waals surface area (Å²) in [7, 11) is 0. The number of pyridine rings is 2. The van der Waals surface area contributed by atoms with Crippen molar-refractivity contribution >= 4 is 0 Å². The number of aryl methyl sites for hydroxylation is 1. The van der Waals surface area contributed by atoms with Crippen LogP contribution in [0.3, 0.4) is 0 Å². The number of aromatic nitrogens is 2.